The highest BCUT2D eigenvalue weighted by Gasteiger charge is 2.13. The standard InChI is InChI=1S/C14H11ClFN3O/c15-10-6-9(2-3-11(10)16)18-14-7-20-13-5-8(17)1-4-12(13)19-14/h1-6H,7,17H2,(H,18,19). The van der Waals surface area contributed by atoms with Crippen molar-refractivity contribution < 1.29 is 9.13 Å². The summed E-state index contributed by atoms with van der Waals surface area (Å²) < 4.78 is 18.6. The van der Waals surface area contributed by atoms with Gasteiger partial charge in [-0.3, -0.25) is 0 Å². The Hall–Kier alpha value is -2.27. The molecule has 1 aliphatic rings. The predicted octanol–water partition coefficient (Wildman–Crippen LogP) is 3.60. The minimum absolute atomic E-state index is 0.0560. The molecule has 0 saturated carbocycles. The number of aliphatic imine (C=N–C) groups is 1. The van der Waals surface area contributed by atoms with E-state index in [1.807, 2.05) is 0 Å². The van der Waals surface area contributed by atoms with E-state index in [2.05, 4.69) is 10.3 Å². The molecule has 0 fully saturated rings. The van der Waals surface area contributed by atoms with Crippen molar-refractivity contribution in [1.82, 2.24) is 0 Å². The molecule has 6 heteroatoms. The monoisotopic (exact) mass is 291 g/mol. The van der Waals surface area contributed by atoms with Crippen LogP contribution in [0, 0.1) is 5.82 Å². The number of benzene rings is 2. The Morgan fingerprint density at radius 3 is 2.90 bits per heavy atom. The number of nitrogen functional groups attached to an aromatic ring is 1. The molecule has 0 aliphatic carbocycles. The van der Waals surface area contributed by atoms with Gasteiger partial charge in [-0.1, -0.05) is 11.6 Å². The Morgan fingerprint density at radius 2 is 2.10 bits per heavy atom. The number of hydrogen-bond acceptors (Lipinski definition) is 4. The molecule has 2 aromatic carbocycles. The van der Waals surface area contributed by atoms with E-state index in [-0.39, 0.29) is 11.6 Å². The van der Waals surface area contributed by atoms with Gasteiger partial charge in [-0.25, -0.2) is 9.38 Å². The summed E-state index contributed by atoms with van der Waals surface area (Å²) >= 11 is 5.73. The van der Waals surface area contributed by atoms with Crippen molar-refractivity contribution in [1.29, 1.82) is 0 Å². The van der Waals surface area contributed by atoms with Gasteiger partial charge in [-0.15, -0.1) is 0 Å². The summed E-state index contributed by atoms with van der Waals surface area (Å²) in [7, 11) is 0. The average molecular weight is 292 g/mol. The van der Waals surface area contributed by atoms with Crippen LogP contribution in [0.25, 0.3) is 0 Å². The zero-order chi connectivity index (χ0) is 14.1. The zero-order valence-corrected chi connectivity index (χ0v) is 11.1. The number of halogens is 2. The van der Waals surface area contributed by atoms with Gasteiger partial charge in [0, 0.05) is 17.4 Å². The highest BCUT2D eigenvalue weighted by Crippen LogP contribution is 2.32. The lowest BCUT2D eigenvalue weighted by Gasteiger charge is -2.18. The second kappa shape index (κ2) is 5.02. The summed E-state index contributed by atoms with van der Waals surface area (Å²) in [5.41, 5.74) is 7.65. The molecule has 0 saturated heterocycles. The summed E-state index contributed by atoms with van der Waals surface area (Å²) in [6, 6.07) is 9.64. The van der Waals surface area contributed by atoms with Crippen LogP contribution >= 0.6 is 11.6 Å². The minimum atomic E-state index is -0.458. The summed E-state index contributed by atoms with van der Waals surface area (Å²) in [6.07, 6.45) is 0. The first kappa shape index (κ1) is 12.7. The molecule has 0 amide bonds. The predicted molar refractivity (Wildman–Crippen MR) is 78.5 cm³/mol. The fraction of sp³-hybridized carbons (Fsp3) is 0.0714. The van der Waals surface area contributed by atoms with Crippen LogP contribution in [0.1, 0.15) is 0 Å². The van der Waals surface area contributed by atoms with Crippen LogP contribution in [0.2, 0.25) is 5.02 Å². The fourth-order valence-electron chi connectivity index (χ4n) is 1.87. The quantitative estimate of drug-likeness (QED) is 0.789. The lowest BCUT2D eigenvalue weighted by atomic mass is 10.2. The number of nitrogens with one attached hydrogen (secondary N) is 1. The zero-order valence-electron chi connectivity index (χ0n) is 10.4. The molecule has 3 rings (SSSR count). The highest BCUT2D eigenvalue weighted by atomic mass is 35.5. The highest BCUT2D eigenvalue weighted by molar-refractivity contribution is 6.31. The molecule has 20 heavy (non-hydrogen) atoms. The van der Waals surface area contributed by atoms with Crippen molar-refractivity contribution in [3.05, 3.63) is 47.2 Å². The molecule has 0 spiro atoms. The van der Waals surface area contributed by atoms with Crippen LogP contribution in [0.4, 0.5) is 21.5 Å². The molecule has 0 radical (unpaired) electrons. The fourth-order valence-corrected chi connectivity index (χ4v) is 2.05. The lowest BCUT2D eigenvalue weighted by molar-refractivity contribution is 0.372. The lowest BCUT2D eigenvalue weighted by Crippen LogP contribution is -2.23. The molecule has 4 nitrogen and oxygen atoms in total. The van der Waals surface area contributed by atoms with E-state index in [0.717, 1.165) is 0 Å². The first-order valence-corrected chi connectivity index (χ1v) is 6.31. The third-order valence-corrected chi connectivity index (χ3v) is 3.10. The number of nitrogens with two attached hydrogens (primary N) is 1. The molecule has 0 bridgehead atoms. The third-order valence-electron chi connectivity index (χ3n) is 2.81. The first-order chi connectivity index (χ1) is 9.61. The third kappa shape index (κ3) is 2.53. The number of nitrogens with zero attached hydrogens (tertiary/aromatic N) is 1. The van der Waals surface area contributed by atoms with Crippen molar-refractivity contribution >= 4 is 34.5 Å². The van der Waals surface area contributed by atoms with Gasteiger partial charge < -0.3 is 15.8 Å². The SMILES string of the molecule is Nc1ccc2c(c1)OCC(Nc1ccc(F)c(Cl)c1)=N2. The summed E-state index contributed by atoms with van der Waals surface area (Å²) in [5.74, 6) is 0.803. The van der Waals surface area contributed by atoms with E-state index in [1.54, 1.807) is 24.3 Å². The number of ether oxygens (including phenoxy) is 1. The smallest absolute Gasteiger partial charge is 0.147 e. The maximum atomic E-state index is 13.1. The van der Waals surface area contributed by atoms with Gasteiger partial charge in [0.1, 0.15) is 29.7 Å². The average Bonchev–Trinajstić information content (AvgIpc) is 2.43. The van der Waals surface area contributed by atoms with Crippen molar-refractivity contribution in [3.63, 3.8) is 0 Å². The molecule has 0 aromatic heterocycles. The Balaban J connectivity index is 1.85. The van der Waals surface area contributed by atoms with E-state index < -0.39 is 5.82 Å². The molecule has 1 aliphatic heterocycles. The van der Waals surface area contributed by atoms with E-state index >= 15 is 0 Å². The van der Waals surface area contributed by atoms with Gasteiger partial charge in [0.25, 0.3) is 0 Å². The number of amidine groups is 1. The molecule has 1 heterocycles. The largest absolute Gasteiger partial charge is 0.483 e. The van der Waals surface area contributed by atoms with Gasteiger partial charge >= 0.3 is 0 Å². The summed E-state index contributed by atoms with van der Waals surface area (Å²) in [6.45, 7) is 0.283. The van der Waals surface area contributed by atoms with Crippen LogP contribution in [0.15, 0.2) is 41.4 Å². The summed E-state index contributed by atoms with van der Waals surface area (Å²) in [5, 5.41) is 3.10. The normalized spacial score (nSPS) is 13.2. The first-order valence-electron chi connectivity index (χ1n) is 5.94. The Labute approximate surface area is 120 Å². The maximum absolute atomic E-state index is 13.1. The van der Waals surface area contributed by atoms with Crippen molar-refractivity contribution in [2.75, 3.05) is 17.7 Å². The van der Waals surface area contributed by atoms with E-state index in [1.165, 1.54) is 12.1 Å². The Bertz CT molecular complexity index is 703. The van der Waals surface area contributed by atoms with Crippen molar-refractivity contribution in [3.8, 4) is 5.75 Å². The van der Waals surface area contributed by atoms with Crippen molar-refractivity contribution in [2.45, 2.75) is 0 Å². The van der Waals surface area contributed by atoms with Crippen LogP contribution in [0.5, 0.6) is 5.75 Å². The van der Waals surface area contributed by atoms with Crippen LogP contribution < -0.4 is 15.8 Å². The molecule has 102 valence electrons. The minimum Gasteiger partial charge on any atom is -0.483 e. The molecular formula is C14H11ClFN3O. The number of hydrogen-bond donors (Lipinski definition) is 2. The number of anilines is 2. The van der Waals surface area contributed by atoms with E-state index in [0.29, 0.717) is 28.6 Å². The Kier molecular flexibility index (Phi) is 3.20. The second-order valence-corrected chi connectivity index (χ2v) is 4.74. The van der Waals surface area contributed by atoms with Gasteiger partial charge in [0.05, 0.1) is 5.02 Å². The molecular weight excluding hydrogens is 281 g/mol. The van der Waals surface area contributed by atoms with Crippen LogP contribution in [0.3, 0.4) is 0 Å². The van der Waals surface area contributed by atoms with Gasteiger partial charge in [-0.2, -0.15) is 0 Å². The molecule has 0 atom stereocenters. The Morgan fingerprint density at radius 1 is 1.25 bits per heavy atom. The number of rotatable bonds is 1. The van der Waals surface area contributed by atoms with Crippen LogP contribution in [-0.2, 0) is 0 Å². The van der Waals surface area contributed by atoms with Gasteiger partial charge in [0.2, 0.25) is 0 Å². The van der Waals surface area contributed by atoms with E-state index in [9.17, 15) is 4.39 Å². The van der Waals surface area contributed by atoms with E-state index in [4.69, 9.17) is 22.1 Å². The molecule has 0 unspecified atom stereocenters. The molecule has 3 N–H and O–H groups in total. The number of fused-ring (bicyclic) bond motifs is 1. The maximum Gasteiger partial charge on any atom is 0.147 e. The van der Waals surface area contributed by atoms with Crippen molar-refractivity contribution in [2.24, 2.45) is 4.99 Å². The second-order valence-electron chi connectivity index (χ2n) is 4.33. The van der Waals surface area contributed by atoms with Gasteiger partial charge in [-0.05, 0) is 30.3 Å². The van der Waals surface area contributed by atoms with Crippen LogP contribution in [-0.4, -0.2) is 12.4 Å². The van der Waals surface area contributed by atoms with Gasteiger partial charge in [0.15, 0.2) is 0 Å². The summed E-state index contributed by atoms with van der Waals surface area (Å²) in [4.78, 5) is 4.42. The molecule has 2 aromatic rings. The topological polar surface area (TPSA) is 59.6 Å².